The van der Waals surface area contributed by atoms with Crippen LogP contribution in [0.3, 0.4) is 0 Å². The normalized spacial score (nSPS) is 12.2. The van der Waals surface area contributed by atoms with E-state index in [4.69, 9.17) is 11.6 Å². The Morgan fingerprint density at radius 1 is 0.952 bits per heavy atom. The van der Waals surface area contributed by atoms with Crippen LogP contribution in [0.1, 0.15) is 43.4 Å². The van der Waals surface area contributed by atoms with Crippen molar-refractivity contribution in [2.24, 2.45) is 5.92 Å². The predicted molar refractivity (Wildman–Crippen MR) is 166 cm³/mol. The first-order chi connectivity index (χ1) is 19.9. The Morgan fingerprint density at radius 2 is 1.62 bits per heavy atom. The second-order valence-electron chi connectivity index (χ2n) is 10.8. The lowest BCUT2D eigenvalue weighted by atomic mass is 10.0. The van der Waals surface area contributed by atoms with E-state index in [1.54, 1.807) is 37.3 Å². The molecule has 2 amide bonds. The van der Waals surface area contributed by atoms with Crippen molar-refractivity contribution in [2.45, 2.75) is 52.6 Å². The van der Waals surface area contributed by atoms with Gasteiger partial charge >= 0.3 is 0 Å². The predicted octanol–water partition coefficient (Wildman–Crippen LogP) is 5.75. The standard InChI is InChI=1S/C32H39ClFN3O4S/c1-23(2)21-35-32(39)30(20-25-10-6-5-7-11-25)36(22-26-15-17-27(34)18-16-26)31(38)14-9-19-37(42(4,40)41)29-13-8-12-28(33)24(29)3/h5-8,10-13,15-18,23,30H,9,14,19-22H2,1-4H3,(H,35,39)/t30-/m1/s1. The van der Waals surface area contributed by atoms with E-state index in [1.165, 1.54) is 21.3 Å². The number of carbonyl (C=O) groups excluding carboxylic acids is 2. The lowest BCUT2D eigenvalue weighted by molar-refractivity contribution is -0.141. The molecule has 226 valence electrons. The van der Waals surface area contributed by atoms with E-state index >= 15 is 0 Å². The summed E-state index contributed by atoms with van der Waals surface area (Å²) >= 11 is 6.25. The van der Waals surface area contributed by atoms with E-state index in [2.05, 4.69) is 5.32 Å². The zero-order valence-electron chi connectivity index (χ0n) is 24.5. The lowest BCUT2D eigenvalue weighted by Gasteiger charge is -2.32. The highest BCUT2D eigenvalue weighted by molar-refractivity contribution is 7.92. The average Bonchev–Trinajstić information content (AvgIpc) is 2.94. The Balaban J connectivity index is 1.89. The number of sulfonamides is 1. The maximum Gasteiger partial charge on any atom is 0.243 e. The van der Waals surface area contributed by atoms with Crippen molar-refractivity contribution in [3.63, 3.8) is 0 Å². The third-order valence-electron chi connectivity index (χ3n) is 6.88. The van der Waals surface area contributed by atoms with Crippen LogP contribution in [0.5, 0.6) is 0 Å². The van der Waals surface area contributed by atoms with E-state index < -0.39 is 21.9 Å². The highest BCUT2D eigenvalue weighted by Crippen LogP contribution is 2.28. The third kappa shape index (κ3) is 9.56. The minimum atomic E-state index is -3.66. The Bertz CT molecular complexity index is 1450. The molecule has 7 nitrogen and oxygen atoms in total. The van der Waals surface area contributed by atoms with Gasteiger partial charge in [0.05, 0.1) is 11.9 Å². The van der Waals surface area contributed by atoms with Gasteiger partial charge in [-0.2, -0.15) is 0 Å². The van der Waals surface area contributed by atoms with E-state index in [0.717, 1.165) is 11.8 Å². The zero-order valence-corrected chi connectivity index (χ0v) is 26.1. The molecule has 0 aliphatic heterocycles. The summed E-state index contributed by atoms with van der Waals surface area (Å²) < 4.78 is 40.3. The molecule has 0 spiro atoms. The molecule has 0 aromatic heterocycles. The van der Waals surface area contributed by atoms with Crippen molar-refractivity contribution in [2.75, 3.05) is 23.7 Å². The molecular formula is C32H39ClFN3O4S. The third-order valence-corrected chi connectivity index (χ3v) is 8.47. The van der Waals surface area contributed by atoms with Crippen LogP contribution in [-0.4, -0.2) is 50.5 Å². The van der Waals surface area contributed by atoms with Crippen LogP contribution in [-0.2, 0) is 32.6 Å². The van der Waals surface area contributed by atoms with Gasteiger partial charge in [-0.1, -0.05) is 74.0 Å². The van der Waals surface area contributed by atoms with Crippen molar-refractivity contribution in [1.29, 1.82) is 0 Å². The highest BCUT2D eigenvalue weighted by atomic mass is 35.5. The second-order valence-corrected chi connectivity index (χ2v) is 13.1. The van der Waals surface area contributed by atoms with E-state index in [9.17, 15) is 22.4 Å². The SMILES string of the molecule is Cc1c(Cl)cccc1N(CCCC(=O)N(Cc1ccc(F)cc1)[C@H](Cc1ccccc1)C(=O)NCC(C)C)S(C)(=O)=O. The van der Waals surface area contributed by atoms with Gasteiger partial charge in [0.1, 0.15) is 11.9 Å². The van der Waals surface area contributed by atoms with Gasteiger partial charge < -0.3 is 10.2 Å². The molecule has 1 atom stereocenters. The summed E-state index contributed by atoms with van der Waals surface area (Å²) in [4.78, 5) is 28.9. The summed E-state index contributed by atoms with van der Waals surface area (Å²) in [6, 6.07) is 19.5. The van der Waals surface area contributed by atoms with Crippen molar-refractivity contribution in [3.8, 4) is 0 Å². The molecule has 1 N–H and O–H groups in total. The monoisotopic (exact) mass is 615 g/mol. The number of amides is 2. The first kappa shape index (κ1) is 33.1. The van der Waals surface area contributed by atoms with E-state index in [1.807, 2.05) is 44.2 Å². The van der Waals surface area contributed by atoms with Crippen molar-refractivity contribution < 1.29 is 22.4 Å². The van der Waals surface area contributed by atoms with E-state index in [0.29, 0.717) is 28.4 Å². The fourth-order valence-electron chi connectivity index (χ4n) is 4.61. The van der Waals surface area contributed by atoms with Crippen LogP contribution < -0.4 is 9.62 Å². The minimum absolute atomic E-state index is 0.00439. The van der Waals surface area contributed by atoms with Crippen LogP contribution in [0, 0.1) is 18.7 Å². The fourth-order valence-corrected chi connectivity index (χ4v) is 5.80. The molecule has 0 aliphatic carbocycles. The van der Waals surface area contributed by atoms with Crippen LogP contribution in [0.15, 0.2) is 72.8 Å². The summed E-state index contributed by atoms with van der Waals surface area (Å²) in [6.45, 7) is 6.32. The average molecular weight is 616 g/mol. The molecule has 0 heterocycles. The van der Waals surface area contributed by atoms with Gasteiger partial charge in [-0.15, -0.1) is 0 Å². The van der Waals surface area contributed by atoms with Gasteiger partial charge in [-0.25, -0.2) is 12.8 Å². The summed E-state index contributed by atoms with van der Waals surface area (Å²) in [5, 5.41) is 3.41. The van der Waals surface area contributed by atoms with Gasteiger partial charge in [0.25, 0.3) is 0 Å². The molecule has 3 aromatic rings. The fraction of sp³-hybridized carbons (Fsp3) is 0.375. The van der Waals surface area contributed by atoms with Crippen LogP contribution in [0.2, 0.25) is 5.02 Å². The van der Waals surface area contributed by atoms with Gasteiger partial charge in [0.15, 0.2) is 0 Å². The molecule has 3 rings (SSSR count). The maximum absolute atomic E-state index is 13.9. The number of nitrogens with zero attached hydrogens (tertiary/aromatic N) is 2. The smallest absolute Gasteiger partial charge is 0.243 e. The molecular weight excluding hydrogens is 577 g/mol. The largest absolute Gasteiger partial charge is 0.354 e. The quantitative estimate of drug-likeness (QED) is 0.250. The van der Waals surface area contributed by atoms with Gasteiger partial charge in [-0.05, 0) is 60.2 Å². The van der Waals surface area contributed by atoms with Crippen LogP contribution >= 0.6 is 11.6 Å². The Kier molecular flexibility index (Phi) is 11.9. The summed E-state index contributed by atoms with van der Waals surface area (Å²) in [7, 11) is -3.66. The molecule has 0 saturated heterocycles. The molecule has 0 bridgehead atoms. The number of benzene rings is 3. The zero-order chi connectivity index (χ0) is 30.9. The molecule has 10 heteroatoms. The number of nitrogens with one attached hydrogen (secondary N) is 1. The molecule has 42 heavy (non-hydrogen) atoms. The van der Waals surface area contributed by atoms with Crippen LogP contribution in [0.25, 0.3) is 0 Å². The Hall–Kier alpha value is -3.43. The van der Waals surface area contributed by atoms with Gasteiger partial charge in [-0.3, -0.25) is 13.9 Å². The van der Waals surface area contributed by atoms with E-state index in [-0.39, 0.29) is 50.1 Å². The first-order valence-electron chi connectivity index (χ1n) is 13.9. The Morgan fingerprint density at radius 3 is 2.24 bits per heavy atom. The number of halogens is 2. The van der Waals surface area contributed by atoms with Crippen LogP contribution in [0.4, 0.5) is 10.1 Å². The lowest BCUT2D eigenvalue weighted by Crippen LogP contribution is -2.51. The number of rotatable bonds is 14. The number of anilines is 1. The molecule has 0 fully saturated rings. The molecule has 0 saturated carbocycles. The topological polar surface area (TPSA) is 86.8 Å². The number of carbonyl (C=O) groups is 2. The van der Waals surface area contributed by atoms with Crippen molar-refractivity contribution in [3.05, 3.63) is 100 Å². The van der Waals surface area contributed by atoms with Gasteiger partial charge in [0.2, 0.25) is 21.8 Å². The van der Waals surface area contributed by atoms with Gasteiger partial charge in [0, 0.05) is 37.5 Å². The molecule has 0 aliphatic rings. The Labute approximate surface area is 253 Å². The summed E-state index contributed by atoms with van der Waals surface area (Å²) in [6.07, 6.45) is 1.61. The number of hydrogen-bond acceptors (Lipinski definition) is 4. The molecule has 3 aromatic carbocycles. The minimum Gasteiger partial charge on any atom is -0.354 e. The first-order valence-corrected chi connectivity index (χ1v) is 16.2. The van der Waals surface area contributed by atoms with Crippen molar-refractivity contribution in [1.82, 2.24) is 10.2 Å². The summed E-state index contributed by atoms with van der Waals surface area (Å²) in [5.74, 6) is -0.777. The molecule has 0 unspecified atom stereocenters. The maximum atomic E-state index is 13.9. The number of hydrogen-bond donors (Lipinski definition) is 1. The second kappa shape index (κ2) is 15.2. The molecule has 0 radical (unpaired) electrons. The van der Waals surface area contributed by atoms with Crippen molar-refractivity contribution >= 4 is 39.1 Å². The summed E-state index contributed by atoms with van der Waals surface area (Å²) in [5.41, 5.74) is 2.64. The highest BCUT2D eigenvalue weighted by Gasteiger charge is 2.30.